The van der Waals surface area contributed by atoms with E-state index in [1.54, 1.807) is 0 Å². The lowest BCUT2D eigenvalue weighted by Gasteiger charge is -2.39. The Hall–Kier alpha value is -1.46. The van der Waals surface area contributed by atoms with Crippen molar-refractivity contribution in [3.05, 3.63) is 30.1 Å². The van der Waals surface area contributed by atoms with Crippen molar-refractivity contribution in [2.75, 3.05) is 32.7 Å². The van der Waals surface area contributed by atoms with Crippen LogP contribution in [0.25, 0.3) is 0 Å². The standard InChI is InChI=1S/C19H29N3O2/c1-2-10-22-15-19(14-17(22)18(23)24)7-12-21(13-8-19)11-6-16-5-3-4-9-20-16/h3-5,9,17H,2,6-8,10-15H2,1H3,(H,23,24). The molecule has 3 heterocycles. The van der Waals surface area contributed by atoms with Gasteiger partial charge in [0, 0.05) is 31.4 Å². The van der Waals surface area contributed by atoms with E-state index in [2.05, 4.69) is 27.8 Å². The molecule has 5 heteroatoms. The molecule has 0 saturated carbocycles. The number of likely N-dealkylation sites (tertiary alicyclic amines) is 2. The molecule has 0 amide bonds. The molecule has 3 rings (SSSR count). The van der Waals surface area contributed by atoms with Crippen LogP contribution in [0.1, 0.15) is 38.3 Å². The number of aliphatic carboxylic acids is 1. The highest BCUT2D eigenvalue weighted by atomic mass is 16.4. The first-order valence-corrected chi connectivity index (χ1v) is 9.21. The van der Waals surface area contributed by atoms with Crippen molar-refractivity contribution in [3.63, 3.8) is 0 Å². The largest absolute Gasteiger partial charge is 0.480 e. The maximum atomic E-state index is 11.6. The third-order valence-electron chi connectivity index (χ3n) is 5.73. The zero-order chi connectivity index (χ0) is 17.0. The second kappa shape index (κ2) is 7.62. The number of hydrogen-bond acceptors (Lipinski definition) is 4. The Labute approximate surface area is 144 Å². The van der Waals surface area contributed by atoms with Gasteiger partial charge in [-0.15, -0.1) is 0 Å². The Morgan fingerprint density at radius 2 is 2.12 bits per heavy atom. The minimum absolute atomic E-state index is 0.222. The van der Waals surface area contributed by atoms with E-state index >= 15 is 0 Å². The molecule has 1 atom stereocenters. The van der Waals surface area contributed by atoms with Gasteiger partial charge in [0.25, 0.3) is 0 Å². The van der Waals surface area contributed by atoms with Crippen LogP contribution in [0.3, 0.4) is 0 Å². The van der Waals surface area contributed by atoms with Gasteiger partial charge >= 0.3 is 5.97 Å². The summed E-state index contributed by atoms with van der Waals surface area (Å²) in [6, 6.07) is 5.81. The molecule has 132 valence electrons. The van der Waals surface area contributed by atoms with Gasteiger partial charge in [-0.2, -0.15) is 0 Å². The summed E-state index contributed by atoms with van der Waals surface area (Å²) >= 11 is 0. The lowest BCUT2D eigenvalue weighted by atomic mass is 9.76. The van der Waals surface area contributed by atoms with Gasteiger partial charge < -0.3 is 10.0 Å². The van der Waals surface area contributed by atoms with Crippen LogP contribution in [-0.4, -0.2) is 64.6 Å². The summed E-state index contributed by atoms with van der Waals surface area (Å²) in [6.07, 6.45) is 6.95. The Morgan fingerprint density at radius 1 is 1.33 bits per heavy atom. The van der Waals surface area contributed by atoms with E-state index in [4.69, 9.17) is 0 Å². The molecule has 1 spiro atoms. The summed E-state index contributed by atoms with van der Waals surface area (Å²) in [5.74, 6) is -0.641. The Morgan fingerprint density at radius 3 is 2.75 bits per heavy atom. The van der Waals surface area contributed by atoms with Crippen LogP contribution in [0, 0.1) is 5.41 Å². The number of carboxylic acids is 1. The molecular weight excluding hydrogens is 302 g/mol. The first-order chi connectivity index (χ1) is 11.6. The van der Waals surface area contributed by atoms with Crippen LogP contribution < -0.4 is 0 Å². The van der Waals surface area contributed by atoms with Crippen LogP contribution in [0.5, 0.6) is 0 Å². The topological polar surface area (TPSA) is 56.7 Å². The highest BCUT2D eigenvalue weighted by Gasteiger charge is 2.47. The summed E-state index contributed by atoms with van der Waals surface area (Å²) < 4.78 is 0. The van der Waals surface area contributed by atoms with Crippen molar-refractivity contribution in [2.45, 2.75) is 45.1 Å². The van der Waals surface area contributed by atoms with E-state index < -0.39 is 5.97 Å². The summed E-state index contributed by atoms with van der Waals surface area (Å²) in [5.41, 5.74) is 1.37. The normalized spacial score (nSPS) is 24.5. The molecule has 2 fully saturated rings. The van der Waals surface area contributed by atoms with Gasteiger partial charge in [0.2, 0.25) is 0 Å². The minimum atomic E-state index is -0.641. The smallest absolute Gasteiger partial charge is 0.320 e. The number of hydrogen-bond donors (Lipinski definition) is 1. The number of aromatic nitrogens is 1. The predicted octanol–water partition coefficient (Wildman–Crippen LogP) is 2.28. The molecule has 1 N–H and O–H groups in total. The van der Waals surface area contributed by atoms with Gasteiger partial charge in [-0.05, 0) is 62.9 Å². The van der Waals surface area contributed by atoms with E-state index in [9.17, 15) is 9.90 Å². The first-order valence-electron chi connectivity index (χ1n) is 9.21. The monoisotopic (exact) mass is 331 g/mol. The molecule has 5 nitrogen and oxygen atoms in total. The van der Waals surface area contributed by atoms with E-state index in [1.165, 1.54) is 0 Å². The van der Waals surface area contributed by atoms with E-state index in [0.717, 1.165) is 70.5 Å². The van der Waals surface area contributed by atoms with E-state index in [-0.39, 0.29) is 11.5 Å². The van der Waals surface area contributed by atoms with Crippen molar-refractivity contribution in [2.24, 2.45) is 5.41 Å². The SMILES string of the molecule is CCCN1CC2(CCN(CCc3ccccn3)CC2)CC1C(=O)O. The van der Waals surface area contributed by atoms with Crippen molar-refractivity contribution in [3.8, 4) is 0 Å². The highest BCUT2D eigenvalue weighted by Crippen LogP contribution is 2.43. The summed E-state index contributed by atoms with van der Waals surface area (Å²) in [5, 5.41) is 9.53. The summed E-state index contributed by atoms with van der Waals surface area (Å²) in [4.78, 5) is 20.7. The summed E-state index contributed by atoms with van der Waals surface area (Å²) in [7, 11) is 0. The molecule has 0 aromatic carbocycles. The van der Waals surface area contributed by atoms with Gasteiger partial charge in [-0.1, -0.05) is 13.0 Å². The predicted molar refractivity (Wildman–Crippen MR) is 94.0 cm³/mol. The van der Waals surface area contributed by atoms with Crippen molar-refractivity contribution in [1.29, 1.82) is 0 Å². The number of nitrogens with zero attached hydrogens (tertiary/aromatic N) is 3. The Bertz CT molecular complexity index is 541. The third-order valence-corrected chi connectivity index (χ3v) is 5.73. The molecule has 2 aliphatic heterocycles. The average Bonchev–Trinajstić information content (AvgIpc) is 2.94. The zero-order valence-electron chi connectivity index (χ0n) is 14.7. The van der Waals surface area contributed by atoms with Crippen LogP contribution >= 0.6 is 0 Å². The van der Waals surface area contributed by atoms with E-state index in [0.29, 0.717) is 0 Å². The number of pyridine rings is 1. The number of carbonyl (C=O) groups is 1. The maximum Gasteiger partial charge on any atom is 0.320 e. The average molecular weight is 331 g/mol. The van der Waals surface area contributed by atoms with Crippen LogP contribution in [0.2, 0.25) is 0 Å². The zero-order valence-corrected chi connectivity index (χ0v) is 14.7. The molecule has 1 aromatic rings. The molecule has 24 heavy (non-hydrogen) atoms. The number of piperidine rings is 1. The van der Waals surface area contributed by atoms with Crippen molar-refractivity contribution in [1.82, 2.24) is 14.8 Å². The number of rotatable bonds is 6. The Balaban J connectivity index is 1.52. The fourth-order valence-corrected chi connectivity index (χ4v) is 4.34. The maximum absolute atomic E-state index is 11.6. The number of carboxylic acid groups (broad SMARTS) is 1. The van der Waals surface area contributed by atoms with Crippen LogP contribution in [0.15, 0.2) is 24.4 Å². The Kier molecular flexibility index (Phi) is 5.51. The molecule has 0 bridgehead atoms. The third kappa shape index (κ3) is 3.95. The quantitative estimate of drug-likeness (QED) is 0.867. The fourth-order valence-electron chi connectivity index (χ4n) is 4.34. The van der Waals surface area contributed by atoms with E-state index in [1.807, 2.05) is 18.3 Å². The second-order valence-corrected chi connectivity index (χ2v) is 7.44. The molecular formula is C19H29N3O2. The highest BCUT2D eigenvalue weighted by molar-refractivity contribution is 5.74. The van der Waals surface area contributed by atoms with Gasteiger partial charge in [0.1, 0.15) is 6.04 Å². The summed E-state index contributed by atoms with van der Waals surface area (Å²) in [6.45, 7) is 7.21. The van der Waals surface area contributed by atoms with Gasteiger partial charge in [-0.25, -0.2) is 0 Å². The van der Waals surface area contributed by atoms with Crippen LogP contribution in [0.4, 0.5) is 0 Å². The second-order valence-electron chi connectivity index (χ2n) is 7.44. The first kappa shape index (κ1) is 17.4. The van der Waals surface area contributed by atoms with Crippen molar-refractivity contribution >= 4 is 5.97 Å². The molecule has 1 aromatic heterocycles. The molecule has 0 aliphatic carbocycles. The van der Waals surface area contributed by atoms with Gasteiger partial charge in [0.05, 0.1) is 0 Å². The molecule has 1 unspecified atom stereocenters. The van der Waals surface area contributed by atoms with Crippen molar-refractivity contribution < 1.29 is 9.90 Å². The molecule has 2 aliphatic rings. The molecule has 2 saturated heterocycles. The minimum Gasteiger partial charge on any atom is -0.480 e. The van der Waals surface area contributed by atoms with Crippen LogP contribution in [-0.2, 0) is 11.2 Å². The molecule has 0 radical (unpaired) electrons. The lowest BCUT2D eigenvalue weighted by Crippen LogP contribution is -2.42. The van der Waals surface area contributed by atoms with Gasteiger partial charge in [-0.3, -0.25) is 14.7 Å². The van der Waals surface area contributed by atoms with Gasteiger partial charge in [0.15, 0.2) is 0 Å². The lowest BCUT2D eigenvalue weighted by molar-refractivity contribution is -0.142. The fraction of sp³-hybridized carbons (Fsp3) is 0.684.